The lowest BCUT2D eigenvalue weighted by atomic mass is 9.96. The van der Waals surface area contributed by atoms with Crippen LogP contribution in [0.5, 0.6) is 11.5 Å². The lowest BCUT2D eigenvalue weighted by Gasteiger charge is -2.25. The molecule has 0 saturated heterocycles. The van der Waals surface area contributed by atoms with Gasteiger partial charge >= 0.3 is 5.97 Å². The van der Waals surface area contributed by atoms with Gasteiger partial charge in [0, 0.05) is 9.50 Å². The van der Waals surface area contributed by atoms with Crippen LogP contribution in [0.25, 0.3) is 6.08 Å². The summed E-state index contributed by atoms with van der Waals surface area (Å²) in [6.07, 6.45) is 1.77. The molecule has 0 unspecified atom stereocenters. The first-order valence-corrected chi connectivity index (χ1v) is 12.4. The topological polar surface area (TPSA) is 79.1 Å². The van der Waals surface area contributed by atoms with Crippen molar-refractivity contribution < 1.29 is 19.0 Å². The van der Waals surface area contributed by atoms with Crippen molar-refractivity contribution in [1.82, 2.24) is 4.57 Å². The molecular formula is C24H18BrClN2O5S. The molecular weight excluding hydrogens is 544 g/mol. The maximum atomic E-state index is 13.7. The average Bonchev–Trinajstić information content (AvgIpc) is 3.37. The van der Waals surface area contributed by atoms with Crippen molar-refractivity contribution in [3.63, 3.8) is 0 Å². The highest BCUT2D eigenvalue weighted by atomic mass is 79.9. The number of hydrogen-bond donors (Lipinski definition) is 0. The van der Waals surface area contributed by atoms with Crippen LogP contribution in [0.4, 0.5) is 0 Å². The minimum absolute atomic E-state index is 0.154. The molecule has 174 valence electrons. The summed E-state index contributed by atoms with van der Waals surface area (Å²) in [7, 11) is 0. The quantitative estimate of drug-likeness (QED) is 0.451. The summed E-state index contributed by atoms with van der Waals surface area (Å²) in [4.78, 5) is 31.7. The zero-order valence-corrected chi connectivity index (χ0v) is 21.3. The Morgan fingerprint density at radius 3 is 2.79 bits per heavy atom. The molecule has 0 radical (unpaired) electrons. The molecule has 2 aliphatic heterocycles. The molecule has 0 bridgehead atoms. The van der Waals surface area contributed by atoms with Crippen molar-refractivity contribution in [2.75, 3.05) is 13.4 Å². The lowest BCUT2D eigenvalue weighted by molar-refractivity contribution is -0.139. The Labute approximate surface area is 211 Å². The maximum absolute atomic E-state index is 13.7. The molecule has 2 aliphatic rings. The van der Waals surface area contributed by atoms with E-state index in [0.717, 1.165) is 10.0 Å². The van der Waals surface area contributed by atoms with E-state index in [0.29, 0.717) is 37.1 Å². The summed E-state index contributed by atoms with van der Waals surface area (Å²) in [5.74, 6) is 0.719. The van der Waals surface area contributed by atoms with E-state index in [1.165, 1.54) is 15.9 Å². The number of allylic oxidation sites excluding steroid dienone is 1. The minimum Gasteiger partial charge on any atom is -0.463 e. The van der Waals surface area contributed by atoms with Crippen molar-refractivity contribution in [2.45, 2.75) is 19.9 Å². The molecule has 0 N–H and O–H groups in total. The summed E-state index contributed by atoms with van der Waals surface area (Å²) < 4.78 is 18.9. The second-order valence-electron chi connectivity index (χ2n) is 7.55. The minimum atomic E-state index is -0.758. The number of aromatic nitrogens is 1. The number of rotatable bonds is 4. The van der Waals surface area contributed by atoms with E-state index < -0.39 is 12.0 Å². The Morgan fingerprint density at radius 2 is 2.06 bits per heavy atom. The van der Waals surface area contributed by atoms with E-state index in [1.807, 2.05) is 12.1 Å². The fourth-order valence-corrected chi connectivity index (χ4v) is 5.68. The molecule has 34 heavy (non-hydrogen) atoms. The van der Waals surface area contributed by atoms with Gasteiger partial charge in [0.2, 0.25) is 6.79 Å². The highest BCUT2D eigenvalue weighted by Crippen LogP contribution is 2.37. The Kier molecular flexibility index (Phi) is 6.09. The Morgan fingerprint density at radius 1 is 1.32 bits per heavy atom. The first kappa shape index (κ1) is 22.9. The highest BCUT2D eigenvalue weighted by molar-refractivity contribution is 9.10. The van der Waals surface area contributed by atoms with Crippen molar-refractivity contribution in [3.8, 4) is 11.5 Å². The molecule has 2 aromatic carbocycles. The standard InChI is InChI=1S/C24H18BrClN2O5S/c1-3-31-23(30)20-12(2)27-24-28(21(20)14-6-4-5-7-16(14)26)22(29)19(34-24)9-13-8-17-18(10-15(13)25)33-11-32-17/h4-10,21H,3,11H2,1-2H3/b19-9-/t21-/m0/s1. The average molecular weight is 562 g/mol. The van der Waals surface area contributed by atoms with Crippen LogP contribution in [0, 0.1) is 0 Å². The molecule has 5 rings (SSSR count). The zero-order chi connectivity index (χ0) is 24.0. The van der Waals surface area contributed by atoms with Gasteiger partial charge in [-0.2, -0.15) is 0 Å². The molecule has 0 aliphatic carbocycles. The molecule has 0 amide bonds. The third-order valence-electron chi connectivity index (χ3n) is 5.50. The molecule has 10 heteroatoms. The fraction of sp³-hybridized carbons (Fsp3) is 0.208. The summed E-state index contributed by atoms with van der Waals surface area (Å²) >= 11 is 11.3. The lowest BCUT2D eigenvalue weighted by Crippen LogP contribution is -2.40. The molecule has 1 aromatic heterocycles. The summed E-state index contributed by atoms with van der Waals surface area (Å²) in [5.41, 5.74) is 1.87. The van der Waals surface area contributed by atoms with Crippen LogP contribution in [0.15, 0.2) is 61.9 Å². The van der Waals surface area contributed by atoms with E-state index in [9.17, 15) is 9.59 Å². The third-order valence-corrected chi connectivity index (χ3v) is 7.51. The molecule has 7 nitrogen and oxygen atoms in total. The van der Waals surface area contributed by atoms with Crippen LogP contribution in [-0.2, 0) is 9.53 Å². The van der Waals surface area contributed by atoms with Crippen molar-refractivity contribution >= 4 is 50.9 Å². The van der Waals surface area contributed by atoms with Crippen LogP contribution in [0.1, 0.15) is 31.0 Å². The molecule has 0 fully saturated rings. The van der Waals surface area contributed by atoms with Gasteiger partial charge in [0.15, 0.2) is 16.3 Å². The van der Waals surface area contributed by atoms with Crippen LogP contribution >= 0.6 is 38.9 Å². The maximum Gasteiger partial charge on any atom is 0.338 e. The van der Waals surface area contributed by atoms with Gasteiger partial charge in [-0.25, -0.2) is 9.79 Å². The second-order valence-corrected chi connectivity index (χ2v) is 9.82. The van der Waals surface area contributed by atoms with Crippen molar-refractivity contribution in [2.24, 2.45) is 4.99 Å². The molecule has 3 heterocycles. The van der Waals surface area contributed by atoms with Crippen molar-refractivity contribution in [3.05, 3.63) is 88.0 Å². The molecule has 0 spiro atoms. The highest BCUT2D eigenvalue weighted by Gasteiger charge is 2.34. The first-order chi connectivity index (χ1) is 16.4. The Hall–Kier alpha value is -2.88. The number of carbonyl (C=O) groups is 1. The van der Waals surface area contributed by atoms with Gasteiger partial charge in [0.05, 0.1) is 22.4 Å². The van der Waals surface area contributed by atoms with E-state index in [4.69, 9.17) is 25.8 Å². The molecule has 1 atom stereocenters. The normalized spacial score (nSPS) is 16.9. The van der Waals surface area contributed by atoms with Gasteiger partial charge in [0.25, 0.3) is 5.56 Å². The van der Waals surface area contributed by atoms with E-state index in [1.54, 1.807) is 44.2 Å². The van der Waals surface area contributed by atoms with Gasteiger partial charge < -0.3 is 14.2 Å². The van der Waals surface area contributed by atoms with Crippen molar-refractivity contribution in [1.29, 1.82) is 0 Å². The number of benzene rings is 2. The molecule has 3 aromatic rings. The first-order valence-electron chi connectivity index (χ1n) is 10.4. The summed E-state index contributed by atoms with van der Waals surface area (Å²) in [6.45, 7) is 3.83. The zero-order valence-electron chi connectivity index (χ0n) is 18.1. The van der Waals surface area contributed by atoms with Crippen LogP contribution < -0.4 is 24.4 Å². The number of halogens is 2. The van der Waals surface area contributed by atoms with Crippen LogP contribution in [-0.4, -0.2) is 23.9 Å². The Balaban J connectivity index is 1.73. The predicted octanol–water partition coefficient (Wildman–Crippen LogP) is 3.94. The van der Waals surface area contributed by atoms with Crippen LogP contribution in [0.3, 0.4) is 0 Å². The predicted molar refractivity (Wildman–Crippen MR) is 132 cm³/mol. The number of fused-ring (bicyclic) bond motifs is 2. The van der Waals surface area contributed by atoms with Crippen LogP contribution in [0.2, 0.25) is 5.02 Å². The van der Waals surface area contributed by atoms with E-state index in [-0.39, 0.29) is 24.5 Å². The number of hydrogen-bond acceptors (Lipinski definition) is 7. The third kappa shape index (κ3) is 3.87. The monoisotopic (exact) mass is 560 g/mol. The van der Waals surface area contributed by atoms with Gasteiger partial charge in [-0.3, -0.25) is 9.36 Å². The number of thiazole rings is 1. The van der Waals surface area contributed by atoms with Gasteiger partial charge in [-0.1, -0.05) is 57.1 Å². The number of ether oxygens (including phenoxy) is 3. The Bertz CT molecular complexity index is 1540. The van der Waals surface area contributed by atoms with E-state index >= 15 is 0 Å². The van der Waals surface area contributed by atoms with Gasteiger partial charge in [0.1, 0.15) is 6.04 Å². The van der Waals surface area contributed by atoms with Gasteiger partial charge in [-0.15, -0.1) is 0 Å². The number of esters is 1. The summed E-state index contributed by atoms with van der Waals surface area (Å²) in [5, 5.41) is 0.442. The number of carbonyl (C=O) groups excluding carboxylic acids is 1. The van der Waals surface area contributed by atoms with Gasteiger partial charge in [-0.05, 0) is 49.2 Å². The molecule has 0 saturated carbocycles. The largest absolute Gasteiger partial charge is 0.463 e. The number of nitrogens with zero attached hydrogens (tertiary/aromatic N) is 2. The van der Waals surface area contributed by atoms with E-state index in [2.05, 4.69) is 20.9 Å². The fourth-order valence-electron chi connectivity index (χ4n) is 3.97. The second kappa shape index (κ2) is 9.05. The summed E-state index contributed by atoms with van der Waals surface area (Å²) in [6, 6.07) is 10.0. The smallest absolute Gasteiger partial charge is 0.338 e. The SMILES string of the molecule is CCOC(=O)C1=C(C)N=c2s/c(=C\c3cc4c(cc3Br)OCO4)c(=O)n2[C@H]1c1ccccc1Cl.